The maximum Gasteiger partial charge on any atom is 0.149 e. The lowest BCUT2D eigenvalue weighted by Crippen LogP contribution is -2.34. The molecule has 1 saturated carbocycles. The second kappa shape index (κ2) is 4.30. The number of hydrogen-bond donors (Lipinski definition) is 1. The SMILES string of the molecule is Cc1cccc(N2CCC(NC3CC3)C2)c1F. The third-order valence-corrected chi connectivity index (χ3v) is 3.75. The van der Waals surface area contributed by atoms with Gasteiger partial charge in [0.2, 0.25) is 0 Å². The number of halogens is 1. The van der Waals surface area contributed by atoms with Gasteiger partial charge in [0.05, 0.1) is 5.69 Å². The van der Waals surface area contributed by atoms with Gasteiger partial charge in [-0.05, 0) is 37.8 Å². The number of aryl methyl sites for hydroxylation is 1. The standard InChI is InChI=1S/C14H19FN2/c1-10-3-2-4-13(14(10)15)17-8-7-12(9-17)16-11-5-6-11/h2-4,11-12,16H,5-9H2,1H3. The average molecular weight is 234 g/mol. The lowest BCUT2D eigenvalue weighted by Gasteiger charge is -2.20. The minimum absolute atomic E-state index is 0.0560. The van der Waals surface area contributed by atoms with Gasteiger partial charge in [-0.2, -0.15) is 0 Å². The van der Waals surface area contributed by atoms with Crippen LogP contribution in [0.1, 0.15) is 24.8 Å². The van der Waals surface area contributed by atoms with Crippen LogP contribution in [0.4, 0.5) is 10.1 Å². The van der Waals surface area contributed by atoms with Crippen molar-refractivity contribution in [3.63, 3.8) is 0 Å². The smallest absolute Gasteiger partial charge is 0.149 e. The molecule has 0 bridgehead atoms. The number of benzene rings is 1. The topological polar surface area (TPSA) is 15.3 Å². The molecule has 92 valence electrons. The largest absolute Gasteiger partial charge is 0.368 e. The molecular weight excluding hydrogens is 215 g/mol. The van der Waals surface area contributed by atoms with Crippen LogP contribution in [0.3, 0.4) is 0 Å². The fourth-order valence-corrected chi connectivity index (χ4v) is 2.57. The maximum absolute atomic E-state index is 14.0. The normalized spacial score (nSPS) is 24.4. The fourth-order valence-electron chi connectivity index (χ4n) is 2.57. The van der Waals surface area contributed by atoms with Crippen molar-refractivity contribution >= 4 is 5.69 Å². The summed E-state index contributed by atoms with van der Waals surface area (Å²) < 4.78 is 14.0. The van der Waals surface area contributed by atoms with Crippen LogP contribution in [0, 0.1) is 12.7 Å². The highest BCUT2D eigenvalue weighted by Crippen LogP contribution is 2.27. The minimum Gasteiger partial charge on any atom is -0.368 e. The van der Waals surface area contributed by atoms with Crippen LogP contribution >= 0.6 is 0 Å². The van der Waals surface area contributed by atoms with Gasteiger partial charge >= 0.3 is 0 Å². The van der Waals surface area contributed by atoms with Crippen LogP contribution in [-0.4, -0.2) is 25.2 Å². The first kappa shape index (κ1) is 11.0. The zero-order chi connectivity index (χ0) is 11.8. The minimum atomic E-state index is -0.0560. The van der Waals surface area contributed by atoms with Crippen LogP contribution in [0.15, 0.2) is 18.2 Å². The quantitative estimate of drug-likeness (QED) is 0.864. The van der Waals surface area contributed by atoms with Crippen molar-refractivity contribution in [2.24, 2.45) is 0 Å². The summed E-state index contributed by atoms with van der Waals surface area (Å²) in [5.41, 5.74) is 1.51. The van der Waals surface area contributed by atoms with E-state index in [4.69, 9.17) is 0 Å². The van der Waals surface area contributed by atoms with Crippen LogP contribution < -0.4 is 10.2 Å². The molecule has 0 spiro atoms. The first-order valence-electron chi connectivity index (χ1n) is 6.50. The summed E-state index contributed by atoms with van der Waals surface area (Å²) in [6, 6.07) is 6.94. The molecule has 1 atom stereocenters. The average Bonchev–Trinajstić information content (AvgIpc) is 3.00. The number of nitrogens with zero attached hydrogens (tertiary/aromatic N) is 1. The van der Waals surface area contributed by atoms with Crippen molar-refractivity contribution in [3.05, 3.63) is 29.6 Å². The molecule has 1 unspecified atom stereocenters. The molecule has 1 aliphatic carbocycles. The van der Waals surface area contributed by atoms with Crippen LogP contribution in [0.5, 0.6) is 0 Å². The van der Waals surface area contributed by atoms with E-state index in [0.717, 1.165) is 36.8 Å². The molecule has 1 aromatic rings. The van der Waals surface area contributed by atoms with Crippen molar-refractivity contribution in [1.29, 1.82) is 0 Å². The summed E-state index contributed by atoms with van der Waals surface area (Å²) in [6.45, 7) is 3.73. The second-order valence-corrected chi connectivity index (χ2v) is 5.28. The van der Waals surface area contributed by atoms with Crippen molar-refractivity contribution in [3.8, 4) is 0 Å². The Morgan fingerprint density at radius 1 is 1.24 bits per heavy atom. The van der Waals surface area contributed by atoms with Gasteiger partial charge in [-0.3, -0.25) is 0 Å². The molecule has 3 rings (SSSR count). The number of anilines is 1. The van der Waals surface area contributed by atoms with Crippen molar-refractivity contribution in [2.45, 2.75) is 38.3 Å². The van der Waals surface area contributed by atoms with Gasteiger partial charge in [-0.15, -0.1) is 0 Å². The lowest BCUT2D eigenvalue weighted by atomic mass is 10.2. The molecule has 3 heteroatoms. The Hall–Kier alpha value is -1.09. The highest BCUT2D eigenvalue weighted by atomic mass is 19.1. The highest BCUT2D eigenvalue weighted by molar-refractivity contribution is 5.51. The molecule has 2 aliphatic rings. The van der Waals surface area contributed by atoms with Gasteiger partial charge in [0, 0.05) is 25.2 Å². The monoisotopic (exact) mass is 234 g/mol. The molecule has 1 N–H and O–H groups in total. The Balaban J connectivity index is 1.70. The molecule has 0 amide bonds. The van der Waals surface area contributed by atoms with E-state index in [2.05, 4.69) is 10.2 Å². The zero-order valence-electron chi connectivity index (χ0n) is 10.2. The van der Waals surface area contributed by atoms with E-state index in [1.165, 1.54) is 12.8 Å². The highest BCUT2D eigenvalue weighted by Gasteiger charge is 2.30. The van der Waals surface area contributed by atoms with Crippen LogP contribution in [-0.2, 0) is 0 Å². The molecule has 17 heavy (non-hydrogen) atoms. The molecule has 2 nitrogen and oxygen atoms in total. The van der Waals surface area contributed by atoms with Gasteiger partial charge in [-0.25, -0.2) is 4.39 Å². The first-order valence-corrected chi connectivity index (χ1v) is 6.50. The van der Waals surface area contributed by atoms with Gasteiger partial charge in [-0.1, -0.05) is 12.1 Å². The van der Waals surface area contributed by atoms with E-state index in [1.54, 1.807) is 0 Å². The summed E-state index contributed by atoms with van der Waals surface area (Å²) in [4.78, 5) is 2.17. The van der Waals surface area contributed by atoms with E-state index >= 15 is 0 Å². The molecule has 1 aliphatic heterocycles. The molecule has 1 heterocycles. The van der Waals surface area contributed by atoms with E-state index < -0.39 is 0 Å². The molecular formula is C14H19FN2. The molecule has 1 aromatic carbocycles. The summed E-state index contributed by atoms with van der Waals surface area (Å²) in [6.07, 6.45) is 3.76. The zero-order valence-corrected chi connectivity index (χ0v) is 10.2. The third kappa shape index (κ3) is 2.29. The molecule has 2 fully saturated rings. The van der Waals surface area contributed by atoms with Crippen LogP contribution in [0.25, 0.3) is 0 Å². The van der Waals surface area contributed by atoms with Crippen molar-refractivity contribution < 1.29 is 4.39 Å². The Bertz CT molecular complexity index is 415. The summed E-state index contributed by atoms with van der Waals surface area (Å²) >= 11 is 0. The first-order chi connectivity index (χ1) is 8.24. The third-order valence-electron chi connectivity index (χ3n) is 3.75. The van der Waals surface area contributed by atoms with Crippen molar-refractivity contribution in [1.82, 2.24) is 5.32 Å². The predicted octanol–water partition coefficient (Wildman–Crippen LogP) is 2.46. The Morgan fingerprint density at radius 2 is 2.06 bits per heavy atom. The Labute approximate surface area is 102 Å². The van der Waals surface area contributed by atoms with Crippen molar-refractivity contribution in [2.75, 3.05) is 18.0 Å². The maximum atomic E-state index is 14.0. The number of rotatable bonds is 3. The number of nitrogens with one attached hydrogen (secondary N) is 1. The Morgan fingerprint density at radius 3 is 2.82 bits per heavy atom. The van der Waals surface area contributed by atoms with E-state index in [1.807, 2.05) is 25.1 Å². The predicted molar refractivity (Wildman–Crippen MR) is 67.9 cm³/mol. The van der Waals surface area contributed by atoms with E-state index in [9.17, 15) is 4.39 Å². The van der Waals surface area contributed by atoms with Gasteiger partial charge < -0.3 is 10.2 Å². The number of hydrogen-bond acceptors (Lipinski definition) is 2. The molecule has 1 saturated heterocycles. The summed E-state index contributed by atoms with van der Waals surface area (Å²) in [5, 5.41) is 3.62. The Kier molecular flexibility index (Phi) is 2.79. The van der Waals surface area contributed by atoms with Gasteiger partial charge in [0.15, 0.2) is 0 Å². The summed E-state index contributed by atoms with van der Waals surface area (Å²) in [5.74, 6) is -0.0560. The van der Waals surface area contributed by atoms with Gasteiger partial charge in [0.1, 0.15) is 5.82 Å². The molecule has 0 radical (unpaired) electrons. The van der Waals surface area contributed by atoms with Crippen LogP contribution in [0.2, 0.25) is 0 Å². The van der Waals surface area contributed by atoms with Gasteiger partial charge in [0.25, 0.3) is 0 Å². The van der Waals surface area contributed by atoms with E-state index in [0.29, 0.717) is 6.04 Å². The molecule has 0 aromatic heterocycles. The van der Waals surface area contributed by atoms with E-state index in [-0.39, 0.29) is 5.82 Å². The summed E-state index contributed by atoms with van der Waals surface area (Å²) in [7, 11) is 0. The fraction of sp³-hybridized carbons (Fsp3) is 0.571. The lowest BCUT2D eigenvalue weighted by molar-refractivity contribution is 0.547. The second-order valence-electron chi connectivity index (χ2n) is 5.28.